The Bertz CT molecular complexity index is 860. The van der Waals surface area contributed by atoms with Crippen LogP contribution in [0.1, 0.15) is 30.3 Å². The lowest BCUT2D eigenvalue weighted by Gasteiger charge is -2.20. The summed E-state index contributed by atoms with van der Waals surface area (Å²) in [6.45, 7) is 6.06. The fourth-order valence-electron chi connectivity index (χ4n) is 3.38. The molecule has 1 aliphatic rings. The van der Waals surface area contributed by atoms with Crippen LogP contribution < -0.4 is 0 Å². The Labute approximate surface area is 151 Å². The minimum Gasteiger partial charge on any atom is -0.481 e. The molecule has 1 amide bonds. The molecular weight excluding hydrogens is 337 g/mol. The number of aryl methyl sites for hydroxylation is 1. The van der Waals surface area contributed by atoms with E-state index in [1.54, 1.807) is 28.6 Å². The summed E-state index contributed by atoms with van der Waals surface area (Å²) in [6.07, 6.45) is 0.634. The summed E-state index contributed by atoms with van der Waals surface area (Å²) in [6, 6.07) is 6.01. The maximum atomic E-state index is 13.1. The molecule has 0 aliphatic carbocycles. The second-order valence-corrected chi connectivity index (χ2v) is 7.15. The predicted octanol–water partition coefficient (Wildman–Crippen LogP) is 2.49. The number of amides is 1. The molecule has 138 valence electrons. The lowest BCUT2D eigenvalue weighted by molar-refractivity contribution is -0.147. The molecule has 1 aromatic heterocycles. The van der Waals surface area contributed by atoms with E-state index >= 15 is 0 Å². The van der Waals surface area contributed by atoms with Crippen LogP contribution in [-0.4, -0.2) is 44.8 Å². The van der Waals surface area contributed by atoms with Crippen LogP contribution in [0.5, 0.6) is 0 Å². The molecule has 0 radical (unpaired) electrons. The number of rotatable bonds is 4. The van der Waals surface area contributed by atoms with Gasteiger partial charge in [0.1, 0.15) is 5.82 Å². The quantitative estimate of drug-likeness (QED) is 0.910. The molecule has 7 heteroatoms. The number of halogens is 1. The van der Waals surface area contributed by atoms with E-state index in [1.807, 2.05) is 13.8 Å². The zero-order valence-electron chi connectivity index (χ0n) is 15.1. The van der Waals surface area contributed by atoms with Gasteiger partial charge in [-0.1, -0.05) is 0 Å². The number of hydrogen-bond acceptors (Lipinski definition) is 3. The Hall–Kier alpha value is -2.70. The smallest absolute Gasteiger partial charge is 0.311 e. The van der Waals surface area contributed by atoms with Gasteiger partial charge in [0.05, 0.1) is 23.2 Å². The van der Waals surface area contributed by atoms with Gasteiger partial charge in [0.25, 0.3) is 0 Å². The van der Waals surface area contributed by atoms with Gasteiger partial charge in [0.15, 0.2) is 0 Å². The molecule has 26 heavy (non-hydrogen) atoms. The summed E-state index contributed by atoms with van der Waals surface area (Å²) in [7, 11) is 0. The predicted molar refractivity (Wildman–Crippen MR) is 93.6 cm³/mol. The highest BCUT2D eigenvalue weighted by molar-refractivity contribution is 5.82. The Morgan fingerprint density at radius 3 is 2.50 bits per heavy atom. The van der Waals surface area contributed by atoms with Crippen LogP contribution >= 0.6 is 0 Å². The molecule has 0 spiro atoms. The zero-order valence-corrected chi connectivity index (χ0v) is 15.1. The maximum Gasteiger partial charge on any atom is 0.311 e. The molecule has 2 aromatic rings. The molecule has 1 atom stereocenters. The fraction of sp³-hybridized carbons (Fsp3) is 0.421. The molecule has 1 fully saturated rings. The Kier molecular flexibility index (Phi) is 4.56. The molecule has 1 saturated heterocycles. The molecular formula is C19H22FN3O3. The fourth-order valence-corrected chi connectivity index (χ4v) is 3.38. The van der Waals surface area contributed by atoms with Crippen LogP contribution in [0.3, 0.4) is 0 Å². The molecule has 6 nitrogen and oxygen atoms in total. The molecule has 1 N–H and O–H groups in total. The van der Waals surface area contributed by atoms with Crippen molar-refractivity contribution in [2.45, 2.75) is 33.6 Å². The largest absolute Gasteiger partial charge is 0.481 e. The van der Waals surface area contributed by atoms with E-state index in [-0.39, 0.29) is 24.7 Å². The van der Waals surface area contributed by atoms with Gasteiger partial charge in [-0.15, -0.1) is 0 Å². The summed E-state index contributed by atoms with van der Waals surface area (Å²) in [5, 5.41) is 13.8. The highest BCUT2D eigenvalue weighted by Gasteiger charge is 2.42. The highest BCUT2D eigenvalue weighted by Crippen LogP contribution is 2.31. The van der Waals surface area contributed by atoms with Gasteiger partial charge in [-0.05, 0) is 51.5 Å². The SMILES string of the molecule is Cc1nn(-c2ccc(F)cc2)c(C)c1CC(=O)N1CCC(C)(C(=O)O)C1. The van der Waals surface area contributed by atoms with Gasteiger partial charge in [0, 0.05) is 24.3 Å². The average molecular weight is 359 g/mol. The number of likely N-dealkylation sites (tertiary alicyclic amines) is 1. The lowest BCUT2D eigenvalue weighted by Crippen LogP contribution is -2.35. The summed E-state index contributed by atoms with van der Waals surface area (Å²) < 4.78 is 14.8. The lowest BCUT2D eigenvalue weighted by atomic mass is 9.90. The first kappa shape index (κ1) is 18.1. The van der Waals surface area contributed by atoms with Crippen molar-refractivity contribution in [3.05, 3.63) is 47.0 Å². The highest BCUT2D eigenvalue weighted by atomic mass is 19.1. The number of carbonyl (C=O) groups excluding carboxylic acids is 1. The average Bonchev–Trinajstić information content (AvgIpc) is 3.12. The van der Waals surface area contributed by atoms with Crippen molar-refractivity contribution < 1.29 is 19.1 Å². The van der Waals surface area contributed by atoms with Crippen LogP contribution in [0.25, 0.3) is 5.69 Å². The van der Waals surface area contributed by atoms with E-state index < -0.39 is 11.4 Å². The molecule has 3 rings (SSSR count). The first-order valence-corrected chi connectivity index (χ1v) is 8.53. The normalized spacial score (nSPS) is 19.8. The van der Waals surface area contributed by atoms with E-state index in [0.29, 0.717) is 13.0 Å². The summed E-state index contributed by atoms with van der Waals surface area (Å²) in [5.41, 5.74) is 2.23. The maximum absolute atomic E-state index is 13.1. The molecule has 0 bridgehead atoms. The number of carbonyl (C=O) groups is 2. The van der Waals surface area contributed by atoms with Crippen LogP contribution in [0.15, 0.2) is 24.3 Å². The standard InChI is InChI=1S/C19H22FN3O3/c1-12-16(10-17(24)22-9-8-19(3,11-22)18(25)26)13(2)23(21-12)15-6-4-14(20)5-7-15/h4-7H,8-11H2,1-3H3,(H,25,26). The van der Waals surface area contributed by atoms with Gasteiger partial charge in [-0.2, -0.15) is 5.10 Å². The Balaban J connectivity index is 1.79. The van der Waals surface area contributed by atoms with Crippen LogP contribution in [0.2, 0.25) is 0 Å². The third kappa shape index (κ3) is 3.21. The summed E-state index contributed by atoms with van der Waals surface area (Å²) in [5.74, 6) is -1.29. The topological polar surface area (TPSA) is 75.4 Å². The summed E-state index contributed by atoms with van der Waals surface area (Å²) in [4.78, 5) is 25.6. The van der Waals surface area contributed by atoms with Crippen molar-refractivity contribution >= 4 is 11.9 Å². The second-order valence-electron chi connectivity index (χ2n) is 7.15. The van der Waals surface area contributed by atoms with E-state index in [2.05, 4.69) is 5.10 Å². The minimum atomic E-state index is -0.877. The molecule has 1 aliphatic heterocycles. The van der Waals surface area contributed by atoms with E-state index in [4.69, 9.17) is 0 Å². The first-order chi connectivity index (χ1) is 12.2. The van der Waals surface area contributed by atoms with Gasteiger partial charge >= 0.3 is 5.97 Å². The number of aromatic nitrogens is 2. The Morgan fingerprint density at radius 1 is 1.27 bits per heavy atom. The number of nitrogens with zero attached hydrogens (tertiary/aromatic N) is 3. The van der Waals surface area contributed by atoms with Crippen molar-refractivity contribution in [3.8, 4) is 5.69 Å². The second kappa shape index (κ2) is 6.55. The van der Waals surface area contributed by atoms with Crippen molar-refractivity contribution in [3.63, 3.8) is 0 Å². The van der Waals surface area contributed by atoms with Gasteiger partial charge in [0.2, 0.25) is 5.91 Å². The molecule has 1 aromatic carbocycles. The van der Waals surface area contributed by atoms with Crippen molar-refractivity contribution in [2.24, 2.45) is 5.41 Å². The monoisotopic (exact) mass is 359 g/mol. The zero-order chi connectivity index (χ0) is 19.1. The number of carboxylic acids is 1. The van der Waals surface area contributed by atoms with E-state index in [1.165, 1.54) is 12.1 Å². The van der Waals surface area contributed by atoms with E-state index in [0.717, 1.165) is 22.6 Å². The number of benzene rings is 1. The van der Waals surface area contributed by atoms with Gasteiger partial charge in [-0.25, -0.2) is 9.07 Å². The van der Waals surface area contributed by atoms with Crippen molar-refractivity contribution in [2.75, 3.05) is 13.1 Å². The summed E-state index contributed by atoms with van der Waals surface area (Å²) >= 11 is 0. The van der Waals surface area contributed by atoms with E-state index in [9.17, 15) is 19.1 Å². The molecule has 2 heterocycles. The third-order valence-electron chi connectivity index (χ3n) is 5.18. The number of carboxylic acid groups (broad SMARTS) is 1. The first-order valence-electron chi connectivity index (χ1n) is 8.53. The molecule has 0 saturated carbocycles. The van der Waals surface area contributed by atoms with Crippen molar-refractivity contribution in [1.82, 2.24) is 14.7 Å². The molecule has 1 unspecified atom stereocenters. The third-order valence-corrected chi connectivity index (χ3v) is 5.18. The Morgan fingerprint density at radius 2 is 1.92 bits per heavy atom. The van der Waals surface area contributed by atoms with Crippen molar-refractivity contribution in [1.29, 1.82) is 0 Å². The van der Waals surface area contributed by atoms with Crippen LogP contribution in [-0.2, 0) is 16.0 Å². The van der Waals surface area contributed by atoms with Gasteiger partial charge < -0.3 is 10.0 Å². The van der Waals surface area contributed by atoms with Gasteiger partial charge in [-0.3, -0.25) is 9.59 Å². The van der Waals surface area contributed by atoms with Crippen LogP contribution in [0, 0.1) is 25.1 Å². The van der Waals surface area contributed by atoms with Crippen LogP contribution in [0.4, 0.5) is 4.39 Å². The minimum absolute atomic E-state index is 0.0974. The number of aliphatic carboxylic acids is 1. The number of hydrogen-bond donors (Lipinski definition) is 1.